The van der Waals surface area contributed by atoms with E-state index in [2.05, 4.69) is 41.2 Å². The summed E-state index contributed by atoms with van der Waals surface area (Å²) >= 11 is 0. The van der Waals surface area contributed by atoms with E-state index in [0.717, 1.165) is 44.0 Å². The van der Waals surface area contributed by atoms with Gasteiger partial charge in [-0.2, -0.15) is 0 Å². The van der Waals surface area contributed by atoms with Gasteiger partial charge in [0.1, 0.15) is 0 Å². The molecular weight excluding hydrogens is 336 g/mol. The van der Waals surface area contributed by atoms with E-state index in [9.17, 15) is 4.79 Å². The fraction of sp³-hybridized carbons (Fsp3) is 0.455. The van der Waals surface area contributed by atoms with Gasteiger partial charge in [0.15, 0.2) is 0 Å². The highest BCUT2D eigenvalue weighted by atomic mass is 16.2. The maximum absolute atomic E-state index is 12.9. The quantitative estimate of drug-likeness (QED) is 0.900. The van der Waals surface area contributed by atoms with Crippen LogP contribution < -0.4 is 5.32 Å². The van der Waals surface area contributed by atoms with Gasteiger partial charge in [0.25, 0.3) is 0 Å². The van der Waals surface area contributed by atoms with Crippen LogP contribution in [0.4, 0.5) is 10.5 Å². The molecule has 142 valence electrons. The molecule has 4 heterocycles. The van der Waals surface area contributed by atoms with Crippen LogP contribution in [0.3, 0.4) is 0 Å². The largest absolute Gasteiger partial charge is 0.323 e. The van der Waals surface area contributed by atoms with Crippen LogP contribution in [-0.4, -0.2) is 46.5 Å². The van der Waals surface area contributed by atoms with Crippen molar-refractivity contribution in [1.29, 1.82) is 0 Å². The highest BCUT2D eigenvalue weighted by molar-refractivity contribution is 5.89. The molecule has 0 unspecified atom stereocenters. The van der Waals surface area contributed by atoms with Gasteiger partial charge < -0.3 is 10.2 Å². The van der Waals surface area contributed by atoms with Crippen LogP contribution in [0.1, 0.15) is 29.7 Å². The summed E-state index contributed by atoms with van der Waals surface area (Å²) in [6, 6.07) is 12.6. The van der Waals surface area contributed by atoms with E-state index < -0.39 is 0 Å². The molecule has 0 radical (unpaired) electrons. The lowest BCUT2D eigenvalue weighted by Crippen LogP contribution is -2.44. The number of carbonyl (C=O) groups is 1. The van der Waals surface area contributed by atoms with Crippen molar-refractivity contribution in [2.24, 2.45) is 5.92 Å². The molecule has 5 nitrogen and oxygen atoms in total. The minimum Gasteiger partial charge on any atom is -0.323 e. The van der Waals surface area contributed by atoms with Crippen LogP contribution in [0, 0.1) is 19.8 Å². The van der Waals surface area contributed by atoms with Crippen LogP contribution >= 0.6 is 0 Å². The monoisotopic (exact) mass is 364 g/mol. The number of aromatic nitrogens is 1. The van der Waals surface area contributed by atoms with E-state index in [4.69, 9.17) is 0 Å². The third-order valence-corrected chi connectivity index (χ3v) is 5.96. The van der Waals surface area contributed by atoms with Gasteiger partial charge in [-0.1, -0.05) is 12.1 Å². The maximum atomic E-state index is 12.9. The number of piperidine rings is 1. The number of pyridine rings is 1. The maximum Gasteiger partial charge on any atom is 0.321 e. The minimum absolute atomic E-state index is 0.0230. The molecule has 0 saturated carbocycles. The first-order chi connectivity index (χ1) is 13.1. The number of hydrogen-bond donors (Lipinski definition) is 1. The molecule has 2 aromatic rings. The molecule has 0 aliphatic carbocycles. The topological polar surface area (TPSA) is 48.5 Å². The van der Waals surface area contributed by atoms with Gasteiger partial charge in [0, 0.05) is 44.1 Å². The first-order valence-electron chi connectivity index (χ1n) is 9.85. The molecule has 3 aliphatic heterocycles. The van der Waals surface area contributed by atoms with Crippen LogP contribution in [0.25, 0.3) is 0 Å². The Labute approximate surface area is 161 Å². The number of urea groups is 1. The summed E-state index contributed by atoms with van der Waals surface area (Å²) in [6.45, 7) is 7.71. The Hall–Kier alpha value is -2.40. The van der Waals surface area contributed by atoms with Crippen molar-refractivity contribution in [2.45, 2.75) is 39.3 Å². The van der Waals surface area contributed by atoms with Crippen LogP contribution in [0.5, 0.6) is 0 Å². The second-order valence-electron chi connectivity index (χ2n) is 7.98. The zero-order chi connectivity index (χ0) is 18.8. The number of nitrogens with one attached hydrogen (secondary N) is 1. The van der Waals surface area contributed by atoms with Crippen molar-refractivity contribution in [3.63, 3.8) is 0 Å². The molecule has 3 aliphatic rings. The van der Waals surface area contributed by atoms with Crippen LogP contribution in [-0.2, 0) is 6.54 Å². The molecule has 3 saturated heterocycles. The zero-order valence-electron chi connectivity index (χ0n) is 16.2. The van der Waals surface area contributed by atoms with Gasteiger partial charge in [-0.15, -0.1) is 0 Å². The Bertz CT molecular complexity index is 807. The molecule has 1 N–H and O–H groups in total. The Balaban J connectivity index is 1.43. The number of aryl methyl sites for hydroxylation is 2. The third kappa shape index (κ3) is 4.14. The van der Waals surface area contributed by atoms with Crippen LogP contribution in [0.15, 0.2) is 42.6 Å². The summed E-state index contributed by atoms with van der Waals surface area (Å²) in [5.74, 6) is 0.540. The third-order valence-electron chi connectivity index (χ3n) is 5.96. The first kappa shape index (κ1) is 18.0. The van der Waals surface area contributed by atoms with Gasteiger partial charge in [-0.3, -0.25) is 9.88 Å². The number of hydrogen-bond acceptors (Lipinski definition) is 3. The molecule has 1 aromatic heterocycles. The molecule has 2 bridgehead atoms. The smallest absolute Gasteiger partial charge is 0.321 e. The Morgan fingerprint density at radius 1 is 1.11 bits per heavy atom. The molecule has 3 fully saturated rings. The summed E-state index contributed by atoms with van der Waals surface area (Å²) in [4.78, 5) is 21.9. The molecule has 5 heteroatoms. The average Bonchev–Trinajstić information content (AvgIpc) is 2.98. The average molecular weight is 364 g/mol. The summed E-state index contributed by atoms with van der Waals surface area (Å²) in [7, 11) is 0. The van der Waals surface area contributed by atoms with E-state index in [1.165, 1.54) is 17.5 Å². The summed E-state index contributed by atoms with van der Waals surface area (Å²) in [5, 5.41) is 3.10. The number of nitrogens with zero attached hydrogens (tertiary/aromatic N) is 3. The number of carbonyl (C=O) groups excluding carboxylic acids is 1. The van der Waals surface area contributed by atoms with Crippen molar-refractivity contribution >= 4 is 11.7 Å². The Morgan fingerprint density at radius 2 is 2.00 bits per heavy atom. The van der Waals surface area contributed by atoms with Crippen LogP contribution in [0.2, 0.25) is 0 Å². The number of fused-ring (bicyclic) bond motifs is 4. The van der Waals surface area contributed by atoms with Crippen molar-refractivity contribution in [1.82, 2.24) is 14.8 Å². The molecular formula is C22H28N4O. The van der Waals surface area contributed by atoms with Crippen molar-refractivity contribution in [2.75, 3.05) is 25.0 Å². The standard InChI is InChI=1S/C22H28N4O/c1-16-6-8-19(11-17(16)2)24-22(27)26-13-18-7-9-21(15-26)25(12-18)14-20-5-3-4-10-23-20/h3-6,8,10-11,18,21H,7,9,12-15H2,1-2H3,(H,24,27)/t18-,21-/m1/s1. The van der Waals surface area contributed by atoms with Gasteiger partial charge in [0.05, 0.1) is 5.69 Å². The zero-order valence-corrected chi connectivity index (χ0v) is 16.2. The summed E-state index contributed by atoms with van der Waals surface area (Å²) in [5.41, 5.74) is 4.43. The lowest BCUT2D eigenvalue weighted by molar-refractivity contribution is 0.123. The van der Waals surface area contributed by atoms with Gasteiger partial charge in [0.2, 0.25) is 0 Å². The normalized spacial score (nSPS) is 22.5. The number of amides is 2. The lowest BCUT2D eigenvalue weighted by Gasteiger charge is -2.35. The Morgan fingerprint density at radius 3 is 2.78 bits per heavy atom. The van der Waals surface area contributed by atoms with E-state index in [1.807, 2.05) is 35.4 Å². The molecule has 2 amide bonds. The van der Waals surface area contributed by atoms with Crippen molar-refractivity contribution in [3.8, 4) is 0 Å². The highest BCUT2D eigenvalue weighted by Gasteiger charge is 2.36. The second-order valence-corrected chi connectivity index (χ2v) is 7.98. The second kappa shape index (κ2) is 7.69. The van der Waals surface area contributed by atoms with Crippen molar-refractivity contribution < 1.29 is 4.79 Å². The molecule has 27 heavy (non-hydrogen) atoms. The molecule has 5 rings (SSSR count). The molecule has 2 atom stereocenters. The van der Waals surface area contributed by atoms with Crippen molar-refractivity contribution in [3.05, 3.63) is 59.4 Å². The van der Waals surface area contributed by atoms with E-state index in [0.29, 0.717) is 12.0 Å². The van der Waals surface area contributed by atoms with E-state index >= 15 is 0 Å². The fourth-order valence-electron chi connectivity index (χ4n) is 4.26. The first-order valence-corrected chi connectivity index (χ1v) is 9.85. The Kier molecular flexibility index (Phi) is 5.12. The van der Waals surface area contributed by atoms with E-state index in [1.54, 1.807) is 0 Å². The summed E-state index contributed by atoms with van der Waals surface area (Å²) < 4.78 is 0. The molecule has 1 aromatic carbocycles. The number of anilines is 1. The van der Waals surface area contributed by atoms with Gasteiger partial charge in [-0.25, -0.2) is 4.79 Å². The predicted octanol–water partition coefficient (Wildman–Crippen LogP) is 3.83. The van der Waals surface area contributed by atoms with Gasteiger partial charge in [-0.05, 0) is 68.0 Å². The number of rotatable bonds is 3. The minimum atomic E-state index is 0.0230. The fourth-order valence-corrected chi connectivity index (χ4v) is 4.26. The SMILES string of the molecule is Cc1ccc(NC(=O)N2C[C@@H]3CC[C@H](C2)N(Cc2ccccn2)C3)cc1C. The number of benzene rings is 1. The lowest BCUT2D eigenvalue weighted by atomic mass is 9.95. The summed E-state index contributed by atoms with van der Waals surface area (Å²) in [6.07, 6.45) is 4.22. The molecule has 0 spiro atoms. The highest BCUT2D eigenvalue weighted by Crippen LogP contribution is 2.29. The van der Waals surface area contributed by atoms with E-state index in [-0.39, 0.29) is 6.03 Å². The van der Waals surface area contributed by atoms with Gasteiger partial charge >= 0.3 is 6.03 Å². The predicted molar refractivity (Wildman–Crippen MR) is 108 cm³/mol.